The molecule has 2 aliphatic heterocycles. The van der Waals surface area contributed by atoms with E-state index in [1.807, 2.05) is 30.3 Å². The van der Waals surface area contributed by atoms with Crippen LogP contribution in [0.4, 0.5) is 10.5 Å². The van der Waals surface area contributed by atoms with Crippen molar-refractivity contribution < 1.29 is 4.79 Å². The van der Waals surface area contributed by atoms with Gasteiger partial charge in [0.05, 0.1) is 0 Å². The van der Waals surface area contributed by atoms with Gasteiger partial charge in [-0.3, -0.25) is 0 Å². The van der Waals surface area contributed by atoms with E-state index < -0.39 is 0 Å². The third-order valence-electron chi connectivity index (χ3n) is 5.39. The minimum Gasteiger partial charge on any atom is -0.322 e. The quantitative estimate of drug-likeness (QED) is 0.892. The van der Waals surface area contributed by atoms with Crippen molar-refractivity contribution in [1.82, 2.24) is 9.80 Å². The maximum absolute atomic E-state index is 12.7. The number of benzene rings is 1. The van der Waals surface area contributed by atoms with E-state index in [0.717, 1.165) is 38.0 Å². The van der Waals surface area contributed by atoms with E-state index in [4.69, 9.17) is 0 Å². The first-order chi connectivity index (χ1) is 11.8. The highest BCUT2D eigenvalue weighted by Gasteiger charge is 2.27. The summed E-state index contributed by atoms with van der Waals surface area (Å²) in [5.41, 5.74) is 0.888. The summed E-state index contributed by atoms with van der Waals surface area (Å²) in [5, 5.41) is 3.06. The second-order valence-corrected chi connectivity index (χ2v) is 7.18. The van der Waals surface area contributed by atoms with Gasteiger partial charge < -0.3 is 15.1 Å². The van der Waals surface area contributed by atoms with Gasteiger partial charge in [0.15, 0.2) is 0 Å². The topological polar surface area (TPSA) is 35.6 Å². The zero-order valence-electron chi connectivity index (χ0n) is 14.8. The summed E-state index contributed by atoms with van der Waals surface area (Å²) in [5.74, 6) is 0. The third kappa shape index (κ3) is 4.97. The lowest BCUT2D eigenvalue weighted by Gasteiger charge is -2.37. The standard InChI is InChI=1S/C20H31N3O/c24-20(21-18-10-4-3-5-11-18)23-16-9-6-12-19(23)13-17-22-14-7-1-2-8-15-22/h3-5,10-11,19H,1-2,6-9,12-17H2,(H,21,24). The molecule has 24 heavy (non-hydrogen) atoms. The summed E-state index contributed by atoms with van der Waals surface area (Å²) in [6, 6.07) is 10.3. The largest absolute Gasteiger partial charge is 0.322 e. The van der Waals surface area contributed by atoms with Crippen LogP contribution in [0, 0.1) is 0 Å². The van der Waals surface area contributed by atoms with Gasteiger partial charge in [0.1, 0.15) is 0 Å². The van der Waals surface area contributed by atoms with Crippen LogP contribution in [0.1, 0.15) is 51.4 Å². The van der Waals surface area contributed by atoms with Gasteiger partial charge in [-0.25, -0.2) is 4.79 Å². The molecule has 0 radical (unpaired) electrons. The molecule has 1 aromatic rings. The van der Waals surface area contributed by atoms with Crippen molar-refractivity contribution in [2.75, 3.05) is 31.5 Å². The number of carbonyl (C=O) groups is 1. The number of hydrogen-bond acceptors (Lipinski definition) is 2. The van der Waals surface area contributed by atoms with Crippen LogP contribution in [-0.2, 0) is 0 Å². The Morgan fingerprint density at radius 2 is 1.67 bits per heavy atom. The van der Waals surface area contributed by atoms with Crippen molar-refractivity contribution in [3.8, 4) is 0 Å². The number of amides is 2. The number of anilines is 1. The zero-order chi connectivity index (χ0) is 16.6. The van der Waals surface area contributed by atoms with Gasteiger partial charge in [-0.1, -0.05) is 31.0 Å². The monoisotopic (exact) mass is 329 g/mol. The molecule has 1 aromatic carbocycles. The fourth-order valence-corrected chi connectivity index (χ4v) is 3.98. The number of piperidine rings is 1. The highest BCUT2D eigenvalue weighted by Crippen LogP contribution is 2.22. The molecule has 0 spiro atoms. The van der Waals surface area contributed by atoms with E-state index in [2.05, 4.69) is 15.1 Å². The molecule has 132 valence electrons. The number of hydrogen-bond donors (Lipinski definition) is 1. The summed E-state index contributed by atoms with van der Waals surface area (Å²) in [7, 11) is 0. The Bertz CT molecular complexity index is 497. The highest BCUT2D eigenvalue weighted by molar-refractivity contribution is 5.89. The van der Waals surface area contributed by atoms with E-state index in [1.54, 1.807) is 0 Å². The zero-order valence-corrected chi connectivity index (χ0v) is 14.8. The molecule has 2 aliphatic rings. The van der Waals surface area contributed by atoms with Crippen LogP contribution in [0.25, 0.3) is 0 Å². The average Bonchev–Trinajstić information content (AvgIpc) is 2.90. The van der Waals surface area contributed by atoms with E-state index in [-0.39, 0.29) is 6.03 Å². The van der Waals surface area contributed by atoms with Gasteiger partial charge in [-0.15, -0.1) is 0 Å². The predicted molar refractivity (Wildman–Crippen MR) is 99.3 cm³/mol. The van der Waals surface area contributed by atoms with Crippen molar-refractivity contribution in [1.29, 1.82) is 0 Å². The molecule has 0 bridgehead atoms. The Hall–Kier alpha value is -1.55. The average molecular weight is 329 g/mol. The van der Waals surface area contributed by atoms with Crippen LogP contribution in [0.15, 0.2) is 30.3 Å². The summed E-state index contributed by atoms with van der Waals surface area (Å²) >= 11 is 0. The lowest BCUT2D eigenvalue weighted by atomic mass is 9.99. The van der Waals surface area contributed by atoms with Crippen molar-refractivity contribution >= 4 is 11.7 Å². The number of para-hydroxylation sites is 1. The van der Waals surface area contributed by atoms with Gasteiger partial charge in [0, 0.05) is 24.8 Å². The highest BCUT2D eigenvalue weighted by atomic mass is 16.2. The normalized spacial score (nSPS) is 22.8. The second kappa shape index (κ2) is 9.07. The van der Waals surface area contributed by atoms with Crippen LogP contribution in [0.5, 0.6) is 0 Å². The Morgan fingerprint density at radius 3 is 2.42 bits per heavy atom. The summed E-state index contributed by atoms with van der Waals surface area (Å²) in [6.45, 7) is 4.51. The number of nitrogens with one attached hydrogen (secondary N) is 1. The van der Waals surface area contributed by atoms with E-state index in [0.29, 0.717) is 6.04 Å². The van der Waals surface area contributed by atoms with Gasteiger partial charge >= 0.3 is 6.03 Å². The van der Waals surface area contributed by atoms with E-state index in [1.165, 1.54) is 45.2 Å². The Labute approximate surface area is 146 Å². The molecular formula is C20H31N3O. The molecule has 4 heteroatoms. The lowest BCUT2D eigenvalue weighted by Crippen LogP contribution is -2.47. The first-order valence-electron chi connectivity index (χ1n) is 9.68. The molecule has 3 rings (SSSR count). The molecule has 0 aliphatic carbocycles. The first kappa shape index (κ1) is 17.3. The maximum Gasteiger partial charge on any atom is 0.322 e. The molecule has 2 amide bonds. The number of carbonyl (C=O) groups excluding carboxylic acids is 1. The van der Waals surface area contributed by atoms with E-state index in [9.17, 15) is 4.79 Å². The first-order valence-corrected chi connectivity index (χ1v) is 9.68. The molecule has 1 unspecified atom stereocenters. The summed E-state index contributed by atoms with van der Waals surface area (Å²) in [4.78, 5) is 17.4. The lowest BCUT2D eigenvalue weighted by molar-refractivity contribution is 0.146. The molecular weight excluding hydrogens is 298 g/mol. The number of rotatable bonds is 4. The fraction of sp³-hybridized carbons (Fsp3) is 0.650. The van der Waals surface area contributed by atoms with Gasteiger partial charge in [0.25, 0.3) is 0 Å². The molecule has 1 N–H and O–H groups in total. The molecule has 2 saturated heterocycles. The second-order valence-electron chi connectivity index (χ2n) is 7.18. The summed E-state index contributed by atoms with van der Waals surface area (Å²) < 4.78 is 0. The van der Waals surface area contributed by atoms with Crippen LogP contribution >= 0.6 is 0 Å². The molecule has 0 aromatic heterocycles. The van der Waals surface area contributed by atoms with Crippen LogP contribution in [0.2, 0.25) is 0 Å². The van der Waals surface area contributed by atoms with Crippen molar-refractivity contribution in [2.24, 2.45) is 0 Å². The van der Waals surface area contributed by atoms with Crippen LogP contribution in [0.3, 0.4) is 0 Å². The Balaban J connectivity index is 1.53. The molecule has 2 fully saturated rings. The fourth-order valence-electron chi connectivity index (χ4n) is 3.98. The van der Waals surface area contributed by atoms with Gasteiger partial charge in [0.2, 0.25) is 0 Å². The SMILES string of the molecule is O=C(Nc1ccccc1)N1CCCCC1CCN1CCCCCC1. The molecule has 4 nitrogen and oxygen atoms in total. The minimum absolute atomic E-state index is 0.0711. The number of likely N-dealkylation sites (tertiary alicyclic amines) is 2. The number of nitrogens with zero attached hydrogens (tertiary/aromatic N) is 2. The maximum atomic E-state index is 12.7. The molecule has 2 heterocycles. The predicted octanol–water partition coefficient (Wildman–Crippen LogP) is 4.34. The number of urea groups is 1. The Kier molecular flexibility index (Phi) is 6.53. The van der Waals surface area contributed by atoms with Crippen LogP contribution < -0.4 is 5.32 Å². The third-order valence-corrected chi connectivity index (χ3v) is 5.39. The molecule has 1 atom stereocenters. The summed E-state index contributed by atoms with van der Waals surface area (Å²) in [6.07, 6.45) is 10.1. The smallest absolute Gasteiger partial charge is 0.322 e. The van der Waals surface area contributed by atoms with Crippen molar-refractivity contribution in [2.45, 2.75) is 57.4 Å². The Morgan fingerprint density at radius 1 is 0.958 bits per heavy atom. The van der Waals surface area contributed by atoms with Crippen LogP contribution in [-0.4, -0.2) is 48.1 Å². The minimum atomic E-state index is 0.0711. The van der Waals surface area contributed by atoms with Gasteiger partial charge in [-0.05, 0) is 63.7 Å². The molecule has 0 saturated carbocycles. The van der Waals surface area contributed by atoms with E-state index >= 15 is 0 Å². The van der Waals surface area contributed by atoms with Crippen molar-refractivity contribution in [3.05, 3.63) is 30.3 Å². The van der Waals surface area contributed by atoms with Crippen molar-refractivity contribution in [3.63, 3.8) is 0 Å². The van der Waals surface area contributed by atoms with Gasteiger partial charge in [-0.2, -0.15) is 0 Å².